The Hall–Kier alpha value is -1.79. The summed E-state index contributed by atoms with van der Waals surface area (Å²) in [7, 11) is 0. The molecular weight excluding hydrogens is 424 g/mol. The Labute approximate surface area is 168 Å². The SMILES string of the molecule is O=C(O)[C@H](Cc1ccccc1)N1C(=O)c2c(Cl)c(Cl)c(Cl)c(Cl)c2C1=O. The molecule has 1 aliphatic heterocycles. The van der Waals surface area contributed by atoms with Crippen LogP contribution >= 0.6 is 46.4 Å². The highest BCUT2D eigenvalue weighted by atomic mass is 35.5. The molecule has 1 heterocycles. The van der Waals surface area contributed by atoms with Crippen molar-refractivity contribution in [3.8, 4) is 0 Å². The minimum absolute atomic E-state index is 0.0711. The molecule has 0 bridgehead atoms. The van der Waals surface area contributed by atoms with Gasteiger partial charge in [-0.05, 0) is 5.56 Å². The molecule has 1 N–H and O–H groups in total. The first-order chi connectivity index (χ1) is 12.3. The van der Waals surface area contributed by atoms with Gasteiger partial charge in [-0.2, -0.15) is 0 Å². The van der Waals surface area contributed by atoms with Crippen LogP contribution in [0.3, 0.4) is 0 Å². The molecule has 2 amide bonds. The van der Waals surface area contributed by atoms with Crippen LogP contribution in [0.4, 0.5) is 0 Å². The maximum Gasteiger partial charge on any atom is 0.327 e. The summed E-state index contributed by atoms with van der Waals surface area (Å²) in [5, 5.41) is 8.78. The lowest BCUT2D eigenvalue weighted by Crippen LogP contribution is -2.46. The molecule has 5 nitrogen and oxygen atoms in total. The topological polar surface area (TPSA) is 74.7 Å². The number of amides is 2. The zero-order valence-corrected chi connectivity index (χ0v) is 15.8. The van der Waals surface area contributed by atoms with Crippen LogP contribution in [0.25, 0.3) is 0 Å². The normalized spacial score (nSPS) is 14.5. The van der Waals surface area contributed by atoms with Crippen LogP contribution in [0.2, 0.25) is 20.1 Å². The summed E-state index contributed by atoms with van der Waals surface area (Å²) >= 11 is 24.0. The summed E-state index contributed by atoms with van der Waals surface area (Å²) in [6.45, 7) is 0. The van der Waals surface area contributed by atoms with E-state index < -0.39 is 23.8 Å². The molecule has 0 unspecified atom stereocenters. The third-order valence-electron chi connectivity index (χ3n) is 4.00. The number of halogens is 4. The van der Waals surface area contributed by atoms with E-state index in [9.17, 15) is 19.5 Å². The van der Waals surface area contributed by atoms with Crippen LogP contribution in [0.15, 0.2) is 30.3 Å². The number of rotatable bonds is 4. The van der Waals surface area contributed by atoms with Gasteiger partial charge in [-0.25, -0.2) is 4.79 Å². The Morgan fingerprint density at radius 3 is 1.77 bits per heavy atom. The maximum atomic E-state index is 12.8. The molecule has 2 aromatic rings. The van der Waals surface area contributed by atoms with Crippen molar-refractivity contribution in [2.24, 2.45) is 0 Å². The van der Waals surface area contributed by atoms with Gasteiger partial charge < -0.3 is 5.11 Å². The first kappa shape index (κ1) is 19.0. The highest BCUT2D eigenvalue weighted by Crippen LogP contribution is 2.45. The lowest BCUT2D eigenvalue weighted by molar-refractivity contribution is -0.141. The minimum atomic E-state index is -1.44. The van der Waals surface area contributed by atoms with Crippen molar-refractivity contribution >= 4 is 64.2 Å². The number of benzene rings is 2. The van der Waals surface area contributed by atoms with Gasteiger partial charge in [-0.1, -0.05) is 76.7 Å². The van der Waals surface area contributed by atoms with Crippen LogP contribution in [0.5, 0.6) is 0 Å². The number of hydrogen-bond donors (Lipinski definition) is 1. The summed E-state index contributed by atoms with van der Waals surface area (Å²) in [5.74, 6) is -3.09. The highest BCUT2D eigenvalue weighted by Gasteiger charge is 2.46. The Morgan fingerprint density at radius 1 is 0.885 bits per heavy atom. The molecule has 134 valence electrons. The van der Waals surface area contributed by atoms with Crippen molar-refractivity contribution in [1.29, 1.82) is 0 Å². The zero-order valence-electron chi connectivity index (χ0n) is 12.8. The summed E-state index contributed by atoms with van der Waals surface area (Å²) in [5.41, 5.74) is 0.162. The number of fused-ring (bicyclic) bond motifs is 1. The molecule has 0 spiro atoms. The number of carbonyl (C=O) groups is 3. The van der Waals surface area contributed by atoms with E-state index in [-0.39, 0.29) is 37.6 Å². The minimum Gasteiger partial charge on any atom is -0.480 e. The van der Waals surface area contributed by atoms with E-state index in [0.29, 0.717) is 10.5 Å². The number of carboxylic acids is 1. The van der Waals surface area contributed by atoms with Crippen LogP contribution < -0.4 is 0 Å². The second-order valence-electron chi connectivity index (χ2n) is 5.53. The molecule has 0 radical (unpaired) electrons. The van der Waals surface area contributed by atoms with Crippen LogP contribution in [0.1, 0.15) is 26.3 Å². The van der Waals surface area contributed by atoms with E-state index >= 15 is 0 Å². The summed E-state index contributed by atoms with van der Waals surface area (Å²) < 4.78 is 0. The Morgan fingerprint density at radius 2 is 1.35 bits per heavy atom. The van der Waals surface area contributed by atoms with Crippen molar-refractivity contribution in [3.63, 3.8) is 0 Å². The van der Waals surface area contributed by atoms with E-state index in [1.165, 1.54) is 0 Å². The van der Waals surface area contributed by atoms with Crippen molar-refractivity contribution in [3.05, 3.63) is 67.1 Å². The molecule has 2 aromatic carbocycles. The van der Waals surface area contributed by atoms with E-state index in [4.69, 9.17) is 46.4 Å². The molecule has 3 rings (SSSR count). The van der Waals surface area contributed by atoms with E-state index in [0.717, 1.165) is 0 Å². The van der Waals surface area contributed by atoms with Gasteiger partial charge in [0.15, 0.2) is 0 Å². The number of nitrogens with zero attached hydrogens (tertiary/aromatic N) is 1. The first-order valence-electron chi connectivity index (χ1n) is 7.26. The summed E-state index contributed by atoms with van der Waals surface area (Å²) in [6.07, 6.45) is -0.0711. The quantitative estimate of drug-likeness (QED) is 0.435. The lowest BCUT2D eigenvalue weighted by Gasteiger charge is -2.22. The maximum absolute atomic E-state index is 12.8. The summed E-state index contributed by atoms with van der Waals surface area (Å²) in [4.78, 5) is 38.0. The molecule has 1 atom stereocenters. The largest absolute Gasteiger partial charge is 0.480 e. The van der Waals surface area contributed by atoms with Crippen molar-refractivity contribution < 1.29 is 19.5 Å². The third kappa shape index (κ3) is 2.95. The number of hydrogen-bond acceptors (Lipinski definition) is 3. The second-order valence-corrected chi connectivity index (χ2v) is 7.04. The molecule has 0 fully saturated rings. The molecule has 0 aliphatic carbocycles. The highest BCUT2D eigenvalue weighted by molar-refractivity contribution is 6.55. The second kappa shape index (κ2) is 7.08. The van der Waals surface area contributed by atoms with Gasteiger partial charge in [-0.3, -0.25) is 14.5 Å². The van der Waals surface area contributed by atoms with Crippen molar-refractivity contribution in [2.75, 3.05) is 0 Å². The monoisotopic (exact) mass is 431 g/mol. The molecule has 1 aliphatic rings. The number of carbonyl (C=O) groups excluding carboxylic acids is 2. The number of imide groups is 1. The number of carboxylic acid groups (broad SMARTS) is 1. The third-order valence-corrected chi connectivity index (χ3v) is 5.80. The predicted molar refractivity (Wildman–Crippen MR) is 98.6 cm³/mol. The predicted octanol–water partition coefficient (Wildman–Crippen LogP) is 4.59. The smallest absolute Gasteiger partial charge is 0.327 e. The molecule has 9 heteroatoms. The van der Waals surface area contributed by atoms with Crippen LogP contribution in [-0.4, -0.2) is 33.8 Å². The van der Waals surface area contributed by atoms with Crippen molar-refractivity contribution in [1.82, 2.24) is 4.90 Å². The summed E-state index contributed by atoms with van der Waals surface area (Å²) in [6, 6.07) is 7.18. The fourth-order valence-corrected chi connectivity index (χ4v) is 3.79. The van der Waals surface area contributed by atoms with Crippen molar-refractivity contribution in [2.45, 2.75) is 12.5 Å². The van der Waals surface area contributed by atoms with Gasteiger partial charge in [-0.15, -0.1) is 0 Å². The average molecular weight is 433 g/mol. The average Bonchev–Trinajstić information content (AvgIpc) is 2.87. The van der Waals surface area contributed by atoms with E-state index in [1.807, 2.05) is 0 Å². The van der Waals surface area contributed by atoms with Gasteiger partial charge in [0, 0.05) is 6.42 Å². The molecule has 0 aromatic heterocycles. The number of aliphatic carboxylic acids is 1. The molecule has 26 heavy (non-hydrogen) atoms. The van der Waals surface area contributed by atoms with Gasteiger partial charge in [0.25, 0.3) is 11.8 Å². The first-order valence-corrected chi connectivity index (χ1v) is 8.77. The van der Waals surface area contributed by atoms with Crippen LogP contribution in [-0.2, 0) is 11.2 Å². The Kier molecular flexibility index (Phi) is 5.17. The zero-order chi connectivity index (χ0) is 19.2. The molecule has 0 saturated heterocycles. The fraction of sp³-hybridized carbons (Fsp3) is 0.118. The van der Waals surface area contributed by atoms with Gasteiger partial charge >= 0.3 is 5.97 Å². The standard InChI is InChI=1S/C17H9Cl4NO4/c18-11-9-10(12(19)14(21)13(11)20)16(24)22(15(9)23)8(17(25)26)6-7-4-2-1-3-5-7/h1-5,8H,6H2,(H,25,26)/t8-/m0/s1. The Balaban J connectivity index is 2.10. The molecule has 0 saturated carbocycles. The lowest BCUT2D eigenvalue weighted by atomic mass is 10.0. The van der Waals surface area contributed by atoms with Gasteiger partial charge in [0.2, 0.25) is 0 Å². The van der Waals surface area contributed by atoms with Gasteiger partial charge in [0.05, 0.1) is 31.2 Å². The fourth-order valence-electron chi connectivity index (χ4n) is 2.78. The van der Waals surface area contributed by atoms with Crippen LogP contribution in [0, 0.1) is 0 Å². The van der Waals surface area contributed by atoms with E-state index in [2.05, 4.69) is 0 Å². The Bertz CT molecular complexity index is 899. The van der Waals surface area contributed by atoms with Gasteiger partial charge in [0.1, 0.15) is 6.04 Å². The van der Waals surface area contributed by atoms with E-state index in [1.54, 1.807) is 30.3 Å². The molecular formula is C17H9Cl4NO4.